The number of carbonyl (C=O) groups excluding carboxylic acids is 2. The van der Waals surface area contributed by atoms with Gasteiger partial charge in [0, 0.05) is 24.5 Å². The van der Waals surface area contributed by atoms with Crippen LogP contribution >= 0.6 is 15.9 Å². The maximum atomic E-state index is 13.8. The van der Waals surface area contributed by atoms with E-state index < -0.39 is 46.2 Å². The predicted molar refractivity (Wildman–Crippen MR) is 146 cm³/mol. The summed E-state index contributed by atoms with van der Waals surface area (Å²) in [6.45, 7) is -0.851. The van der Waals surface area contributed by atoms with Gasteiger partial charge >= 0.3 is 6.18 Å². The van der Waals surface area contributed by atoms with Crippen molar-refractivity contribution < 1.29 is 31.2 Å². The molecule has 0 fully saturated rings. The lowest BCUT2D eigenvalue weighted by atomic mass is 10.0. The number of anilines is 1. The zero-order valence-electron chi connectivity index (χ0n) is 21.2. The predicted octanol–water partition coefficient (Wildman–Crippen LogP) is 4.62. The van der Waals surface area contributed by atoms with E-state index in [9.17, 15) is 31.2 Å². The first-order valence-corrected chi connectivity index (χ1v) is 14.4. The van der Waals surface area contributed by atoms with Gasteiger partial charge in [0.05, 0.1) is 17.5 Å². The summed E-state index contributed by atoms with van der Waals surface area (Å²) in [5, 5.41) is 2.56. The molecule has 0 aromatic heterocycles. The van der Waals surface area contributed by atoms with Crippen LogP contribution in [0.2, 0.25) is 0 Å². The van der Waals surface area contributed by atoms with Crippen LogP contribution in [0.5, 0.6) is 0 Å². The number of likely N-dealkylation sites (N-methyl/N-ethyl adjacent to an activating group) is 1. The Morgan fingerprint density at radius 1 is 0.949 bits per heavy atom. The van der Waals surface area contributed by atoms with Gasteiger partial charge in [-0.25, -0.2) is 8.42 Å². The minimum absolute atomic E-state index is 0.0444. The number of nitrogens with one attached hydrogen (secondary N) is 1. The van der Waals surface area contributed by atoms with Crippen LogP contribution < -0.4 is 9.62 Å². The third-order valence-corrected chi connectivity index (χ3v) is 7.59. The van der Waals surface area contributed by atoms with Crippen LogP contribution in [0.4, 0.5) is 18.9 Å². The molecule has 7 nitrogen and oxygen atoms in total. The third kappa shape index (κ3) is 8.30. The Hall–Kier alpha value is -3.38. The fourth-order valence-corrected chi connectivity index (χ4v) is 5.06. The number of sulfonamides is 1. The normalized spacial score (nSPS) is 12.5. The molecule has 3 aromatic rings. The molecular formula is C27H27BrF3N3O4S. The minimum Gasteiger partial charge on any atom is -0.357 e. The van der Waals surface area contributed by atoms with E-state index in [1.165, 1.54) is 18.0 Å². The number of nitrogens with zero attached hydrogens (tertiary/aromatic N) is 2. The van der Waals surface area contributed by atoms with Gasteiger partial charge in [-0.1, -0.05) is 64.5 Å². The number of alkyl halides is 3. The molecule has 0 heterocycles. The highest BCUT2D eigenvalue weighted by Gasteiger charge is 2.34. The quantitative estimate of drug-likeness (QED) is 0.356. The summed E-state index contributed by atoms with van der Waals surface area (Å²) < 4.78 is 66.8. The van der Waals surface area contributed by atoms with Gasteiger partial charge < -0.3 is 10.2 Å². The number of halogens is 4. The Morgan fingerprint density at radius 2 is 1.59 bits per heavy atom. The van der Waals surface area contributed by atoms with Crippen LogP contribution in [-0.2, 0) is 38.8 Å². The summed E-state index contributed by atoms with van der Waals surface area (Å²) in [7, 11) is -2.76. The maximum Gasteiger partial charge on any atom is 0.416 e. The van der Waals surface area contributed by atoms with Gasteiger partial charge in [0.1, 0.15) is 12.6 Å². The SMILES string of the molecule is CNC(=O)[C@H](Cc1ccccc1)N(Cc1ccc(Br)cc1)C(=O)CN(c1cccc(C(F)(F)F)c1)S(C)(=O)=O. The highest BCUT2D eigenvalue weighted by atomic mass is 79.9. The van der Waals surface area contributed by atoms with Crippen LogP contribution in [0.3, 0.4) is 0 Å². The molecule has 0 aliphatic heterocycles. The molecule has 3 rings (SSSR count). The summed E-state index contributed by atoms with van der Waals surface area (Å²) in [6, 6.07) is 18.7. The van der Waals surface area contributed by atoms with E-state index in [-0.39, 0.29) is 18.7 Å². The number of rotatable bonds is 10. The summed E-state index contributed by atoms with van der Waals surface area (Å²) in [5.74, 6) is -1.24. The lowest BCUT2D eigenvalue weighted by molar-refractivity contribution is -0.139. The van der Waals surface area contributed by atoms with Gasteiger partial charge in [-0.05, 0) is 41.5 Å². The first-order valence-electron chi connectivity index (χ1n) is 11.7. The van der Waals surface area contributed by atoms with Crippen molar-refractivity contribution in [1.82, 2.24) is 10.2 Å². The molecule has 208 valence electrons. The summed E-state index contributed by atoms with van der Waals surface area (Å²) in [5.41, 5.74) is 0.0556. The van der Waals surface area contributed by atoms with Crippen molar-refractivity contribution in [2.24, 2.45) is 0 Å². The van der Waals surface area contributed by atoms with Crippen LogP contribution in [0, 0.1) is 0 Å². The number of carbonyl (C=O) groups is 2. The number of hydrogen-bond donors (Lipinski definition) is 1. The average molecular weight is 626 g/mol. The van der Waals surface area contributed by atoms with Gasteiger partial charge in [0.25, 0.3) is 0 Å². The zero-order chi connectivity index (χ0) is 28.8. The third-order valence-electron chi connectivity index (χ3n) is 5.92. The molecule has 0 saturated carbocycles. The van der Waals surface area contributed by atoms with E-state index in [1.54, 1.807) is 48.5 Å². The largest absolute Gasteiger partial charge is 0.416 e. The molecule has 3 aromatic carbocycles. The van der Waals surface area contributed by atoms with Gasteiger partial charge in [0.2, 0.25) is 21.8 Å². The summed E-state index contributed by atoms with van der Waals surface area (Å²) >= 11 is 3.35. The van der Waals surface area contributed by atoms with E-state index in [1.807, 2.05) is 6.07 Å². The molecule has 0 unspecified atom stereocenters. The number of hydrogen-bond acceptors (Lipinski definition) is 4. The van der Waals surface area contributed by atoms with Crippen molar-refractivity contribution in [2.75, 3.05) is 24.2 Å². The van der Waals surface area contributed by atoms with Crippen molar-refractivity contribution in [3.05, 3.63) is 100 Å². The second kappa shape index (κ2) is 12.6. The fraction of sp³-hybridized carbons (Fsp3) is 0.259. The molecule has 1 atom stereocenters. The van der Waals surface area contributed by atoms with E-state index in [4.69, 9.17) is 0 Å². The zero-order valence-corrected chi connectivity index (χ0v) is 23.6. The van der Waals surface area contributed by atoms with Gasteiger partial charge in [-0.2, -0.15) is 13.2 Å². The standard InChI is InChI=1S/C27H27BrF3N3O4S/c1-32-26(36)24(15-19-7-4-3-5-8-19)33(17-20-11-13-22(28)14-12-20)25(35)18-34(39(2,37)38)23-10-6-9-21(16-23)27(29,30)31/h3-14,16,24H,15,17-18H2,1-2H3,(H,32,36)/t24-/m0/s1. The molecule has 0 spiro atoms. The first kappa shape index (κ1) is 30.2. The van der Waals surface area contributed by atoms with Gasteiger partial charge in [0.15, 0.2) is 0 Å². The Kier molecular flexibility index (Phi) is 9.78. The molecule has 0 saturated heterocycles. The number of amides is 2. The molecule has 12 heteroatoms. The number of benzene rings is 3. The summed E-state index contributed by atoms with van der Waals surface area (Å²) in [6.07, 6.45) is -3.78. The van der Waals surface area contributed by atoms with Gasteiger partial charge in [-0.15, -0.1) is 0 Å². The highest BCUT2D eigenvalue weighted by molar-refractivity contribution is 9.10. The lowest BCUT2D eigenvalue weighted by Crippen LogP contribution is -2.52. The Morgan fingerprint density at radius 3 is 2.15 bits per heavy atom. The molecule has 0 bridgehead atoms. The molecule has 2 amide bonds. The Bertz CT molecular complexity index is 1400. The molecule has 1 N–H and O–H groups in total. The molecule has 0 aliphatic carbocycles. The Balaban J connectivity index is 2.04. The molecule has 0 aliphatic rings. The highest BCUT2D eigenvalue weighted by Crippen LogP contribution is 2.32. The summed E-state index contributed by atoms with van der Waals surface area (Å²) in [4.78, 5) is 28.1. The van der Waals surface area contributed by atoms with E-state index in [0.29, 0.717) is 15.9 Å². The average Bonchev–Trinajstić information content (AvgIpc) is 2.89. The van der Waals surface area contributed by atoms with Crippen LogP contribution in [0.25, 0.3) is 0 Å². The fourth-order valence-electron chi connectivity index (χ4n) is 3.96. The van der Waals surface area contributed by atoms with Crippen molar-refractivity contribution in [1.29, 1.82) is 0 Å². The van der Waals surface area contributed by atoms with Gasteiger partial charge in [-0.3, -0.25) is 13.9 Å². The first-order chi connectivity index (χ1) is 18.3. The molecule has 0 radical (unpaired) electrons. The smallest absolute Gasteiger partial charge is 0.357 e. The van der Waals surface area contributed by atoms with Crippen molar-refractivity contribution in [2.45, 2.75) is 25.2 Å². The second-order valence-corrected chi connectivity index (χ2v) is 11.6. The van der Waals surface area contributed by atoms with E-state index in [2.05, 4.69) is 21.2 Å². The van der Waals surface area contributed by atoms with Crippen LogP contribution in [-0.4, -0.2) is 51.0 Å². The van der Waals surface area contributed by atoms with Crippen molar-refractivity contribution in [3.63, 3.8) is 0 Å². The van der Waals surface area contributed by atoms with Crippen LogP contribution in [0.15, 0.2) is 83.3 Å². The minimum atomic E-state index is -4.71. The maximum absolute atomic E-state index is 13.8. The van der Waals surface area contributed by atoms with E-state index in [0.717, 1.165) is 28.4 Å². The van der Waals surface area contributed by atoms with Crippen molar-refractivity contribution >= 4 is 43.5 Å². The van der Waals surface area contributed by atoms with E-state index >= 15 is 0 Å². The second-order valence-electron chi connectivity index (χ2n) is 8.79. The topological polar surface area (TPSA) is 86.8 Å². The molecular weight excluding hydrogens is 599 g/mol. The molecule has 39 heavy (non-hydrogen) atoms. The van der Waals surface area contributed by atoms with Crippen LogP contribution in [0.1, 0.15) is 16.7 Å². The van der Waals surface area contributed by atoms with Crippen molar-refractivity contribution in [3.8, 4) is 0 Å². The monoisotopic (exact) mass is 625 g/mol. The Labute approximate surface area is 233 Å². The lowest BCUT2D eigenvalue weighted by Gasteiger charge is -2.33.